The van der Waals surface area contributed by atoms with Gasteiger partial charge in [-0.1, -0.05) is 24.3 Å². The van der Waals surface area contributed by atoms with E-state index in [9.17, 15) is 28.8 Å². The fourth-order valence-corrected chi connectivity index (χ4v) is 7.00. The van der Waals surface area contributed by atoms with E-state index in [2.05, 4.69) is 16.0 Å². The Hall–Kier alpha value is -6.32. The lowest BCUT2D eigenvalue weighted by molar-refractivity contribution is -0.149. The van der Waals surface area contributed by atoms with Crippen molar-refractivity contribution in [3.63, 3.8) is 0 Å². The van der Waals surface area contributed by atoms with E-state index in [1.165, 1.54) is 70.8 Å². The lowest BCUT2D eigenvalue weighted by Gasteiger charge is -2.36. The van der Waals surface area contributed by atoms with Gasteiger partial charge in [-0.3, -0.25) is 28.8 Å². The van der Waals surface area contributed by atoms with Gasteiger partial charge in [-0.2, -0.15) is 0 Å². The molecule has 6 unspecified atom stereocenters. The number of anilines is 1. The Labute approximate surface area is 332 Å². The summed E-state index contributed by atoms with van der Waals surface area (Å²) in [5, 5.41) is 8.11. The maximum absolute atomic E-state index is 14.7. The minimum atomic E-state index is -1.22. The van der Waals surface area contributed by atoms with Gasteiger partial charge in [-0.05, 0) is 73.9 Å². The molecule has 0 aliphatic carbocycles. The number of ether oxygens (including phenoxy) is 3. The van der Waals surface area contributed by atoms with Gasteiger partial charge in [0.15, 0.2) is 11.5 Å². The van der Waals surface area contributed by atoms with Crippen molar-refractivity contribution in [2.24, 2.45) is 0 Å². The lowest BCUT2D eigenvalue weighted by Crippen LogP contribution is -2.61. The fourth-order valence-electron chi connectivity index (χ4n) is 7.00. The molecule has 3 aromatic carbocycles. The van der Waals surface area contributed by atoms with Crippen LogP contribution in [0.25, 0.3) is 0 Å². The van der Waals surface area contributed by atoms with E-state index in [0.29, 0.717) is 28.2 Å². The minimum absolute atomic E-state index is 0.0380. The summed E-state index contributed by atoms with van der Waals surface area (Å²) < 4.78 is 17.0. The second kappa shape index (κ2) is 17.6. The Kier molecular flexibility index (Phi) is 13.0. The van der Waals surface area contributed by atoms with Crippen molar-refractivity contribution in [1.82, 2.24) is 30.7 Å². The molecule has 5 N–H and O–H groups in total. The Bertz CT molecular complexity index is 2010. The first-order valence-corrected chi connectivity index (χ1v) is 18.6. The second-order valence-corrected chi connectivity index (χ2v) is 14.5. The van der Waals surface area contributed by atoms with Crippen LogP contribution in [0.3, 0.4) is 0 Å². The number of nitrogen functional groups attached to an aromatic ring is 1. The van der Waals surface area contributed by atoms with E-state index in [1.54, 1.807) is 60.7 Å². The van der Waals surface area contributed by atoms with Gasteiger partial charge in [0.05, 0.1) is 19.9 Å². The predicted molar refractivity (Wildman–Crippen MR) is 211 cm³/mol. The van der Waals surface area contributed by atoms with Gasteiger partial charge in [-0.15, -0.1) is 0 Å². The zero-order valence-electron chi connectivity index (χ0n) is 33.5. The van der Waals surface area contributed by atoms with Crippen molar-refractivity contribution in [3.8, 4) is 23.0 Å². The van der Waals surface area contributed by atoms with Crippen molar-refractivity contribution < 1.29 is 43.0 Å². The largest absolute Gasteiger partial charge is 0.497 e. The van der Waals surface area contributed by atoms with Crippen molar-refractivity contribution >= 4 is 41.1 Å². The number of carbonyl (C=O) groups excluding carboxylic acids is 6. The van der Waals surface area contributed by atoms with Crippen LogP contribution in [0, 0.1) is 0 Å². The molecule has 3 aromatic rings. The van der Waals surface area contributed by atoms with Crippen LogP contribution in [0.4, 0.5) is 5.69 Å². The maximum Gasteiger partial charge on any atom is 0.246 e. The molecule has 1 saturated heterocycles. The third kappa shape index (κ3) is 9.39. The van der Waals surface area contributed by atoms with Crippen LogP contribution in [-0.4, -0.2) is 122 Å². The Balaban J connectivity index is 1.59. The van der Waals surface area contributed by atoms with E-state index < -0.39 is 71.7 Å². The van der Waals surface area contributed by atoms with E-state index in [0.717, 1.165) is 0 Å². The molecule has 16 heteroatoms. The number of likely N-dealkylation sites (N-methyl/N-ethyl adjacent to an activating group) is 3. The first kappa shape index (κ1) is 41.8. The quantitative estimate of drug-likeness (QED) is 0.281. The maximum atomic E-state index is 14.7. The predicted octanol–water partition coefficient (Wildman–Crippen LogP) is 1.43. The van der Waals surface area contributed by atoms with E-state index in [1.807, 2.05) is 0 Å². The van der Waals surface area contributed by atoms with Crippen molar-refractivity contribution in [3.05, 3.63) is 77.4 Å². The molecule has 0 saturated carbocycles. The number of hydrogen-bond acceptors (Lipinski definition) is 10. The number of carbonyl (C=O) groups is 6. The number of nitrogens with zero attached hydrogens (tertiary/aromatic N) is 3. The fraction of sp³-hybridized carbons (Fsp3) is 0.415. The summed E-state index contributed by atoms with van der Waals surface area (Å²) in [5.74, 6) is -2.10. The van der Waals surface area contributed by atoms with E-state index in [-0.39, 0.29) is 36.4 Å². The monoisotopic (exact) mass is 785 g/mol. The van der Waals surface area contributed by atoms with Crippen molar-refractivity contribution in [2.75, 3.05) is 41.1 Å². The first-order chi connectivity index (χ1) is 27.0. The Morgan fingerprint density at radius 2 is 1.21 bits per heavy atom. The Morgan fingerprint density at radius 3 is 1.82 bits per heavy atom. The molecule has 0 radical (unpaired) electrons. The molecular weight excluding hydrogens is 734 g/mol. The summed E-state index contributed by atoms with van der Waals surface area (Å²) in [4.78, 5) is 88.3. The van der Waals surface area contributed by atoms with E-state index in [4.69, 9.17) is 19.9 Å². The molecule has 6 bridgehead atoms. The normalized spacial score (nSPS) is 24.1. The molecule has 0 spiro atoms. The van der Waals surface area contributed by atoms with Crippen molar-refractivity contribution in [1.29, 1.82) is 0 Å². The number of benzene rings is 3. The average Bonchev–Trinajstić information content (AvgIpc) is 3.19. The topological polar surface area (TPSA) is 202 Å². The van der Waals surface area contributed by atoms with Gasteiger partial charge in [0.25, 0.3) is 0 Å². The van der Waals surface area contributed by atoms with E-state index >= 15 is 0 Å². The number of hydrogen-bond donors (Lipinski definition) is 4. The van der Waals surface area contributed by atoms with Gasteiger partial charge in [-0.25, -0.2) is 0 Å². The number of nitrogens with two attached hydrogens (primary N) is 1. The molecule has 6 atom stereocenters. The standard InChI is InChI=1S/C41H51N7O9/c1-22-36(49)44-23(2)39(52)46(4)31(18-25-9-13-28(55-7)14-10-25)38(51)45-24(3)40(53)48(6)33-19-26-11-15-29(16-12-26)57-34-21-27(17-30(42)35(34)56-8)20-32(37(50)43-22)47(5)41(33)54/h9-17,21-24,31-33H,18-20,42H2,1-8H3,(H,43,50)(H,44,49)(H,45,51). The SMILES string of the molecule is COc1ccc(CC2C(=O)NC(C)C(=O)N(C)C3Cc4ccc(cc4)Oc4cc(cc(N)c4OC)CC(C(=O)NC(C)C(=O)NC(C)C(=O)N2C)N(C)C3=O)cc1. The van der Waals surface area contributed by atoms with Gasteiger partial charge in [0.2, 0.25) is 35.4 Å². The van der Waals surface area contributed by atoms with Crippen LogP contribution in [0.1, 0.15) is 37.5 Å². The molecule has 1 fully saturated rings. The van der Waals surface area contributed by atoms with Crippen LogP contribution < -0.4 is 35.9 Å². The van der Waals surface area contributed by atoms with Crippen LogP contribution in [0.2, 0.25) is 0 Å². The molecule has 3 heterocycles. The van der Waals surface area contributed by atoms with Crippen LogP contribution in [0.5, 0.6) is 23.0 Å². The molecule has 6 rings (SSSR count). The minimum Gasteiger partial charge on any atom is -0.497 e. The van der Waals surface area contributed by atoms with Crippen molar-refractivity contribution in [2.45, 2.75) is 76.3 Å². The third-order valence-electron chi connectivity index (χ3n) is 10.5. The average molecular weight is 786 g/mol. The van der Waals surface area contributed by atoms with Gasteiger partial charge < -0.3 is 50.6 Å². The van der Waals surface area contributed by atoms with Gasteiger partial charge in [0.1, 0.15) is 47.8 Å². The molecule has 0 aromatic heterocycles. The zero-order valence-corrected chi connectivity index (χ0v) is 33.5. The molecular formula is C41H51N7O9. The number of fused-ring (bicyclic) bond motifs is 2. The lowest BCUT2D eigenvalue weighted by atomic mass is 9.98. The first-order valence-electron chi connectivity index (χ1n) is 18.6. The molecule has 57 heavy (non-hydrogen) atoms. The highest BCUT2D eigenvalue weighted by Crippen LogP contribution is 2.38. The summed E-state index contributed by atoms with van der Waals surface area (Å²) in [6.45, 7) is 4.42. The highest BCUT2D eigenvalue weighted by molar-refractivity contribution is 5.98. The summed E-state index contributed by atoms with van der Waals surface area (Å²) in [5.41, 5.74) is 8.50. The highest BCUT2D eigenvalue weighted by Gasteiger charge is 2.39. The summed E-state index contributed by atoms with van der Waals surface area (Å²) >= 11 is 0. The summed E-state index contributed by atoms with van der Waals surface area (Å²) in [6, 6.07) is 10.3. The van der Waals surface area contributed by atoms with Crippen LogP contribution in [0.15, 0.2) is 60.7 Å². The number of methoxy groups -OCH3 is 2. The Morgan fingerprint density at radius 1 is 0.649 bits per heavy atom. The number of nitrogens with one attached hydrogen (secondary N) is 3. The van der Waals surface area contributed by atoms with Crippen LogP contribution >= 0.6 is 0 Å². The third-order valence-corrected chi connectivity index (χ3v) is 10.5. The second-order valence-electron chi connectivity index (χ2n) is 14.5. The van der Waals surface area contributed by atoms with Crippen LogP contribution in [-0.2, 0) is 48.0 Å². The summed E-state index contributed by atoms with van der Waals surface area (Å²) in [7, 11) is 7.34. The molecule has 16 nitrogen and oxygen atoms in total. The molecule has 3 aliphatic heterocycles. The molecule has 304 valence electrons. The molecule has 3 aliphatic rings. The number of rotatable bonds is 4. The number of amides is 6. The highest BCUT2D eigenvalue weighted by atomic mass is 16.5. The van der Waals surface area contributed by atoms with Gasteiger partial charge >= 0.3 is 0 Å². The zero-order chi connectivity index (χ0) is 41.7. The van der Waals surface area contributed by atoms with Gasteiger partial charge in [0, 0.05) is 40.4 Å². The summed E-state index contributed by atoms with van der Waals surface area (Å²) in [6.07, 6.45) is 0.0310. The molecule has 6 amide bonds. The smallest absolute Gasteiger partial charge is 0.246 e.